The third kappa shape index (κ3) is 1.49. The van der Waals surface area contributed by atoms with E-state index in [2.05, 4.69) is 62.4 Å². The molecular weight excluding hydrogens is 272 g/mol. The van der Waals surface area contributed by atoms with Crippen molar-refractivity contribution in [1.82, 2.24) is 19.9 Å². The second-order valence-corrected chi connectivity index (χ2v) is 5.49. The van der Waals surface area contributed by atoms with Gasteiger partial charge in [-0.3, -0.25) is 0 Å². The number of nitrogens with zero attached hydrogens (tertiary/aromatic N) is 3. The van der Waals surface area contributed by atoms with E-state index in [1.165, 1.54) is 22.3 Å². The molecule has 0 atom stereocenters. The van der Waals surface area contributed by atoms with Gasteiger partial charge in [-0.1, -0.05) is 42.5 Å². The summed E-state index contributed by atoms with van der Waals surface area (Å²) in [5, 5.41) is 0. The Morgan fingerprint density at radius 3 is 2.68 bits per heavy atom. The lowest BCUT2D eigenvalue weighted by Crippen LogP contribution is -1.93. The van der Waals surface area contributed by atoms with E-state index < -0.39 is 0 Å². The molecule has 0 spiro atoms. The van der Waals surface area contributed by atoms with Gasteiger partial charge in [-0.15, -0.1) is 0 Å². The summed E-state index contributed by atoms with van der Waals surface area (Å²) in [5.41, 5.74) is 9.02. The molecule has 0 aliphatic heterocycles. The summed E-state index contributed by atoms with van der Waals surface area (Å²) in [6.45, 7) is 0. The summed E-state index contributed by atoms with van der Waals surface area (Å²) in [4.78, 5) is 16.1. The van der Waals surface area contributed by atoms with E-state index in [-0.39, 0.29) is 0 Å². The molecule has 1 aliphatic rings. The van der Waals surface area contributed by atoms with Crippen LogP contribution in [0.15, 0.2) is 55.1 Å². The van der Waals surface area contributed by atoms with E-state index in [9.17, 15) is 0 Å². The van der Waals surface area contributed by atoms with E-state index in [1.807, 2.05) is 0 Å². The standard InChI is InChI=1S/C18H12N4/c1-2-5-12-11(4-1)8-15-13(12)6-3-7-14(15)16-17-18(21-9-19-16)22-10-20-17/h1-7,9-10H,8H2,(H,19,20,21,22). The molecule has 1 aliphatic carbocycles. The normalized spacial score (nSPS) is 12.4. The highest BCUT2D eigenvalue weighted by molar-refractivity contribution is 5.92. The summed E-state index contributed by atoms with van der Waals surface area (Å²) in [6.07, 6.45) is 4.20. The first-order valence-electron chi connectivity index (χ1n) is 7.26. The Kier molecular flexibility index (Phi) is 2.24. The van der Waals surface area contributed by atoms with E-state index >= 15 is 0 Å². The minimum Gasteiger partial charge on any atom is -0.341 e. The van der Waals surface area contributed by atoms with Crippen LogP contribution in [0.2, 0.25) is 0 Å². The van der Waals surface area contributed by atoms with Crippen LogP contribution in [-0.2, 0) is 6.42 Å². The molecule has 0 amide bonds. The maximum absolute atomic E-state index is 4.51. The lowest BCUT2D eigenvalue weighted by molar-refractivity contribution is 1.19. The van der Waals surface area contributed by atoms with E-state index in [1.54, 1.807) is 12.7 Å². The molecule has 1 N–H and O–H groups in total. The molecule has 22 heavy (non-hydrogen) atoms. The van der Waals surface area contributed by atoms with Crippen molar-refractivity contribution in [2.24, 2.45) is 0 Å². The number of nitrogens with one attached hydrogen (secondary N) is 1. The van der Waals surface area contributed by atoms with Crippen molar-refractivity contribution in [2.45, 2.75) is 6.42 Å². The van der Waals surface area contributed by atoms with Gasteiger partial charge in [0.1, 0.15) is 11.8 Å². The molecule has 104 valence electrons. The van der Waals surface area contributed by atoms with E-state index in [0.717, 1.165) is 23.2 Å². The highest BCUT2D eigenvalue weighted by Crippen LogP contribution is 2.41. The zero-order valence-corrected chi connectivity index (χ0v) is 11.7. The second kappa shape index (κ2) is 4.24. The Morgan fingerprint density at radius 1 is 0.818 bits per heavy atom. The van der Waals surface area contributed by atoms with Crippen LogP contribution >= 0.6 is 0 Å². The van der Waals surface area contributed by atoms with Crippen LogP contribution in [0, 0.1) is 0 Å². The summed E-state index contributed by atoms with van der Waals surface area (Å²) < 4.78 is 0. The van der Waals surface area contributed by atoms with Crippen molar-refractivity contribution in [3.63, 3.8) is 0 Å². The smallest absolute Gasteiger partial charge is 0.181 e. The van der Waals surface area contributed by atoms with Gasteiger partial charge < -0.3 is 4.98 Å². The number of aromatic nitrogens is 4. The Labute approximate surface area is 126 Å². The van der Waals surface area contributed by atoms with Crippen LogP contribution in [0.4, 0.5) is 0 Å². The molecule has 5 rings (SSSR count). The van der Waals surface area contributed by atoms with Crippen LogP contribution in [0.5, 0.6) is 0 Å². The van der Waals surface area contributed by atoms with Crippen molar-refractivity contribution in [1.29, 1.82) is 0 Å². The fourth-order valence-corrected chi connectivity index (χ4v) is 3.35. The highest BCUT2D eigenvalue weighted by atomic mass is 15.0. The molecular formula is C18H12N4. The Hall–Kier alpha value is -3.01. The molecule has 0 unspecified atom stereocenters. The van der Waals surface area contributed by atoms with Gasteiger partial charge in [0.2, 0.25) is 0 Å². The van der Waals surface area contributed by atoms with Crippen LogP contribution in [-0.4, -0.2) is 19.9 Å². The van der Waals surface area contributed by atoms with Crippen molar-refractivity contribution in [3.8, 4) is 22.4 Å². The molecule has 2 aromatic carbocycles. The average molecular weight is 284 g/mol. The molecule has 0 bridgehead atoms. The minimum absolute atomic E-state index is 0.707. The van der Waals surface area contributed by atoms with Gasteiger partial charge in [-0.05, 0) is 28.7 Å². The van der Waals surface area contributed by atoms with Crippen LogP contribution < -0.4 is 0 Å². The Morgan fingerprint density at radius 2 is 1.68 bits per heavy atom. The zero-order chi connectivity index (χ0) is 14.5. The van der Waals surface area contributed by atoms with Gasteiger partial charge >= 0.3 is 0 Å². The van der Waals surface area contributed by atoms with Crippen molar-refractivity contribution in [3.05, 3.63) is 66.2 Å². The maximum atomic E-state index is 4.51. The van der Waals surface area contributed by atoms with Gasteiger partial charge in [-0.2, -0.15) is 0 Å². The molecule has 0 fully saturated rings. The number of rotatable bonds is 1. The van der Waals surface area contributed by atoms with E-state index in [4.69, 9.17) is 0 Å². The first kappa shape index (κ1) is 11.6. The summed E-state index contributed by atoms with van der Waals surface area (Å²) >= 11 is 0. The molecule has 4 nitrogen and oxygen atoms in total. The van der Waals surface area contributed by atoms with Crippen molar-refractivity contribution >= 4 is 11.2 Å². The first-order chi connectivity index (χ1) is 10.9. The van der Waals surface area contributed by atoms with Gasteiger partial charge in [0.25, 0.3) is 0 Å². The van der Waals surface area contributed by atoms with E-state index in [0.29, 0.717) is 5.65 Å². The highest BCUT2D eigenvalue weighted by Gasteiger charge is 2.22. The Bertz CT molecular complexity index is 1020. The third-order valence-electron chi connectivity index (χ3n) is 4.33. The number of imidazole rings is 1. The van der Waals surface area contributed by atoms with Crippen LogP contribution in [0.1, 0.15) is 11.1 Å². The predicted molar refractivity (Wildman–Crippen MR) is 85.4 cm³/mol. The predicted octanol–water partition coefficient (Wildman–Crippen LogP) is 3.59. The van der Waals surface area contributed by atoms with Crippen LogP contribution in [0.25, 0.3) is 33.5 Å². The zero-order valence-electron chi connectivity index (χ0n) is 11.7. The molecule has 0 saturated heterocycles. The fourth-order valence-electron chi connectivity index (χ4n) is 3.35. The molecule has 0 radical (unpaired) electrons. The third-order valence-corrected chi connectivity index (χ3v) is 4.33. The van der Waals surface area contributed by atoms with Gasteiger partial charge in [-0.25, -0.2) is 15.0 Å². The summed E-state index contributed by atoms with van der Waals surface area (Å²) in [6, 6.07) is 15.0. The largest absolute Gasteiger partial charge is 0.341 e. The maximum Gasteiger partial charge on any atom is 0.181 e. The number of benzene rings is 2. The van der Waals surface area contributed by atoms with Crippen molar-refractivity contribution in [2.75, 3.05) is 0 Å². The second-order valence-electron chi connectivity index (χ2n) is 5.49. The van der Waals surface area contributed by atoms with Crippen molar-refractivity contribution < 1.29 is 0 Å². The number of aromatic amines is 1. The number of fused-ring (bicyclic) bond motifs is 4. The minimum atomic E-state index is 0.707. The molecule has 2 heterocycles. The lowest BCUT2D eigenvalue weighted by Gasteiger charge is -2.08. The molecule has 0 saturated carbocycles. The lowest BCUT2D eigenvalue weighted by atomic mass is 9.98. The van der Waals surface area contributed by atoms with Crippen LogP contribution in [0.3, 0.4) is 0 Å². The first-order valence-corrected chi connectivity index (χ1v) is 7.26. The molecule has 4 heteroatoms. The summed E-state index contributed by atoms with van der Waals surface area (Å²) in [7, 11) is 0. The van der Waals surface area contributed by atoms with Gasteiger partial charge in [0.05, 0.1) is 12.0 Å². The monoisotopic (exact) mass is 284 g/mol. The molecule has 4 aromatic rings. The SMILES string of the molecule is c1ccc2c(c1)Cc1c-2cccc1-c1ncnc2nc[nH]c12. The molecule has 2 aromatic heterocycles. The number of H-pyrrole nitrogens is 1. The van der Waals surface area contributed by atoms with Gasteiger partial charge in [0, 0.05) is 5.56 Å². The fraction of sp³-hybridized carbons (Fsp3) is 0.0556. The Balaban J connectivity index is 1.80. The summed E-state index contributed by atoms with van der Waals surface area (Å²) in [5.74, 6) is 0. The topological polar surface area (TPSA) is 54.5 Å². The quantitative estimate of drug-likeness (QED) is 0.512. The van der Waals surface area contributed by atoms with Gasteiger partial charge in [0.15, 0.2) is 5.65 Å². The number of hydrogen-bond donors (Lipinski definition) is 1. The number of hydrogen-bond acceptors (Lipinski definition) is 3. The average Bonchev–Trinajstić information content (AvgIpc) is 3.18.